The van der Waals surface area contributed by atoms with Crippen LogP contribution in [0, 0.1) is 9.39 Å². The average molecular weight is 435 g/mol. The van der Waals surface area contributed by atoms with E-state index < -0.39 is 0 Å². The molecule has 0 spiro atoms. The minimum Gasteiger partial charge on any atom is -0.351 e. The van der Waals surface area contributed by atoms with E-state index in [0.717, 1.165) is 11.1 Å². The molecule has 0 aliphatic carbocycles. The zero-order chi connectivity index (χ0) is 16.9. The van der Waals surface area contributed by atoms with Crippen molar-refractivity contribution in [2.24, 2.45) is 0 Å². The molecule has 1 N–H and O–H groups in total. The minimum absolute atomic E-state index is 0.120. The van der Waals surface area contributed by atoms with Crippen LogP contribution in [-0.2, 0) is 13.1 Å². The van der Waals surface area contributed by atoms with Gasteiger partial charge in [-0.15, -0.1) is 0 Å². The molecule has 0 amide bonds. The molecule has 3 aromatic rings. The molecule has 24 heavy (non-hydrogen) atoms. The Hall–Kier alpha value is -2.22. The predicted molar refractivity (Wildman–Crippen MR) is 100 cm³/mol. The molecular weight excluding hydrogens is 420 g/mol. The van der Waals surface area contributed by atoms with E-state index in [4.69, 9.17) is 0 Å². The molecule has 0 saturated heterocycles. The van der Waals surface area contributed by atoms with Gasteiger partial charge >= 0.3 is 0 Å². The number of hydrogen-bond donors (Lipinski definition) is 1. The third-order valence-electron chi connectivity index (χ3n) is 3.55. The molecule has 0 saturated carbocycles. The Morgan fingerprint density at radius 1 is 1.04 bits per heavy atom. The first-order valence-electron chi connectivity index (χ1n) is 7.41. The molecule has 1 aromatic heterocycles. The number of nitrogens with zero attached hydrogens (tertiary/aromatic N) is 2. The fourth-order valence-electron chi connectivity index (χ4n) is 2.30. The van der Waals surface area contributed by atoms with Crippen LogP contribution < -0.4 is 10.9 Å². The van der Waals surface area contributed by atoms with E-state index in [9.17, 15) is 9.18 Å². The number of halogens is 2. The number of rotatable bonds is 5. The molecule has 0 bridgehead atoms. The van der Waals surface area contributed by atoms with E-state index in [1.165, 1.54) is 12.1 Å². The van der Waals surface area contributed by atoms with Crippen molar-refractivity contribution in [1.82, 2.24) is 9.55 Å². The Labute approximate surface area is 152 Å². The highest BCUT2D eigenvalue weighted by Gasteiger charge is 2.09. The van der Waals surface area contributed by atoms with Crippen LogP contribution in [0.2, 0.25) is 0 Å². The smallest absolute Gasteiger partial charge is 0.268 e. The molecule has 3 rings (SSSR count). The van der Waals surface area contributed by atoms with Gasteiger partial charge in [-0.1, -0.05) is 42.5 Å². The molecule has 0 unspecified atom stereocenters. The largest absolute Gasteiger partial charge is 0.351 e. The van der Waals surface area contributed by atoms with Gasteiger partial charge in [0.15, 0.2) is 0 Å². The Balaban J connectivity index is 1.87. The molecule has 122 valence electrons. The lowest BCUT2D eigenvalue weighted by Crippen LogP contribution is -2.27. The summed E-state index contributed by atoms with van der Waals surface area (Å²) in [6.45, 7) is 0.900. The number of hydrogen-bond acceptors (Lipinski definition) is 3. The lowest BCUT2D eigenvalue weighted by atomic mass is 10.2. The predicted octanol–water partition coefficient (Wildman–Crippen LogP) is 3.65. The van der Waals surface area contributed by atoms with E-state index in [0.29, 0.717) is 22.6 Å². The van der Waals surface area contributed by atoms with Crippen molar-refractivity contribution >= 4 is 28.5 Å². The monoisotopic (exact) mass is 435 g/mol. The van der Waals surface area contributed by atoms with Crippen LogP contribution in [0.3, 0.4) is 0 Å². The highest BCUT2D eigenvalue weighted by Crippen LogP contribution is 2.11. The summed E-state index contributed by atoms with van der Waals surface area (Å²) in [5.74, 6) is 0.197. The highest BCUT2D eigenvalue weighted by molar-refractivity contribution is 14.1. The molecule has 0 aliphatic heterocycles. The van der Waals surface area contributed by atoms with Crippen molar-refractivity contribution in [3.8, 4) is 0 Å². The molecular formula is C18H15FIN3O. The fourth-order valence-corrected chi connectivity index (χ4v) is 2.74. The van der Waals surface area contributed by atoms with Crippen molar-refractivity contribution < 1.29 is 4.39 Å². The van der Waals surface area contributed by atoms with Crippen LogP contribution in [0.4, 0.5) is 10.3 Å². The summed E-state index contributed by atoms with van der Waals surface area (Å²) in [5, 5.41) is 3.20. The topological polar surface area (TPSA) is 46.9 Å². The SMILES string of the molecule is O=c1c(I)cnc(NCc2ccccc2)n1Cc1ccc(F)cc1. The lowest BCUT2D eigenvalue weighted by Gasteiger charge is -2.14. The molecule has 0 atom stereocenters. The second-order valence-electron chi connectivity index (χ2n) is 5.29. The van der Waals surface area contributed by atoms with E-state index in [1.54, 1.807) is 22.9 Å². The first kappa shape index (κ1) is 16.6. The summed E-state index contributed by atoms with van der Waals surface area (Å²) in [4.78, 5) is 16.8. The van der Waals surface area contributed by atoms with Gasteiger partial charge in [-0.05, 0) is 45.9 Å². The van der Waals surface area contributed by atoms with Gasteiger partial charge in [0.25, 0.3) is 5.56 Å². The highest BCUT2D eigenvalue weighted by atomic mass is 127. The number of nitrogens with one attached hydrogen (secondary N) is 1. The van der Waals surface area contributed by atoms with Crippen molar-refractivity contribution in [1.29, 1.82) is 0 Å². The summed E-state index contributed by atoms with van der Waals surface area (Å²) in [5.41, 5.74) is 1.81. The van der Waals surface area contributed by atoms with Gasteiger partial charge in [0.2, 0.25) is 5.95 Å². The summed E-state index contributed by atoms with van der Waals surface area (Å²) in [6.07, 6.45) is 1.55. The van der Waals surface area contributed by atoms with Crippen molar-refractivity contribution in [3.63, 3.8) is 0 Å². The summed E-state index contributed by atoms with van der Waals surface area (Å²) in [6, 6.07) is 16.0. The number of anilines is 1. The van der Waals surface area contributed by atoms with Crippen LogP contribution in [0.25, 0.3) is 0 Å². The normalized spacial score (nSPS) is 10.6. The van der Waals surface area contributed by atoms with Crippen LogP contribution in [0.15, 0.2) is 65.6 Å². The number of aromatic nitrogens is 2. The average Bonchev–Trinajstić information content (AvgIpc) is 2.61. The van der Waals surface area contributed by atoms with E-state index in [1.807, 2.05) is 52.9 Å². The van der Waals surface area contributed by atoms with Crippen LogP contribution >= 0.6 is 22.6 Å². The molecule has 4 nitrogen and oxygen atoms in total. The third-order valence-corrected chi connectivity index (χ3v) is 4.29. The van der Waals surface area contributed by atoms with Gasteiger partial charge in [-0.2, -0.15) is 0 Å². The molecule has 0 aliphatic rings. The van der Waals surface area contributed by atoms with Gasteiger partial charge in [0.1, 0.15) is 5.82 Å². The van der Waals surface area contributed by atoms with Gasteiger partial charge < -0.3 is 5.32 Å². The number of benzene rings is 2. The second-order valence-corrected chi connectivity index (χ2v) is 6.45. The van der Waals surface area contributed by atoms with Gasteiger partial charge in [0.05, 0.1) is 10.1 Å². The summed E-state index contributed by atoms with van der Waals surface area (Å²) < 4.78 is 15.2. The van der Waals surface area contributed by atoms with Gasteiger partial charge in [-0.25, -0.2) is 9.37 Å². The van der Waals surface area contributed by atoms with Crippen LogP contribution in [0.5, 0.6) is 0 Å². The Morgan fingerprint density at radius 2 is 1.75 bits per heavy atom. The molecule has 0 fully saturated rings. The Morgan fingerprint density at radius 3 is 2.46 bits per heavy atom. The van der Waals surface area contributed by atoms with Crippen molar-refractivity contribution in [2.45, 2.75) is 13.1 Å². The van der Waals surface area contributed by atoms with Crippen molar-refractivity contribution in [2.75, 3.05) is 5.32 Å². The molecule has 2 aromatic carbocycles. The van der Waals surface area contributed by atoms with Gasteiger partial charge in [-0.3, -0.25) is 9.36 Å². The first-order valence-corrected chi connectivity index (χ1v) is 8.49. The molecule has 6 heteroatoms. The lowest BCUT2D eigenvalue weighted by molar-refractivity contribution is 0.626. The zero-order valence-electron chi connectivity index (χ0n) is 12.7. The fraction of sp³-hybridized carbons (Fsp3) is 0.111. The summed E-state index contributed by atoms with van der Waals surface area (Å²) >= 11 is 1.97. The maximum absolute atomic E-state index is 13.1. The van der Waals surface area contributed by atoms with E-state index in [2.05, 4.69) is 10.3 Å². The second kappa shape index (κ2) is 7.57. The first-order chi connectivity index (χ1) is 11.6. The van der Waals surface area contributed by atoms with Crippen molar-refractivity contribution in [3.05, 3.63) is 91.7 Å². The molecule has 1 heterocycles. The Kier molecular flexibility index (Phi) is 5.24. The summed E-state index contributed by atoms with van der Waals surface area (Å²) in [7, 11) is 0. The molecule has 0 radical (unpaired) electrons. The van der Waals surface area contributed by atoms with Gasteiger partial charge in [0, 0.05) is 12.7 Å². The third kappa shape index (κ3) is 4.00. The maximum Gasteiger partial charge on any atom is 0.268 e. The maximum atomic E-state index is 13.1. The van der Waals surface area contributed by atoms with E-state index in [-0.39, 0.29) is 11.4 Å². The van der Waals surface area contributed by atoms with Crippen LogP contribution in [0.1, 0.15) is 11.1 Å². The zero-order valence-corrected chi connectivity index (χ0v) is 14.9. The van der Waals surface area contributed by atoms with E-state index >= 15 is 0 Å². The van der Waals surface area contributed by atoms with Crippen LogP contribution in [-0.4, -0.2) is 9.55 Å². The minimum atomic E-state index is -0.297. The Bertz CT molecular complexity index is 879. The quantitative estimate of drug-likeness (QED) is 0.623. The standard InChI is InChI=1S/C18H15FIN3O/c19-15-8-6-14(7-9-15)12-23-17(24)16(20)11-22-18(23)21-10-13-4-2-1-3-5-13/h1-9,11H,10,12H2,(H,21,22).